The van der Waals surface area contributed by atoms with Crippen LogP contribution in [0.4, 0.5) is 4.39 Å². The van der Waals surface area contributed by atoms with Crippen LogP contribution in [0.3, 0.4) is 0 Å². The third kappa shape index (κ3) is 3.36. The molecule has 0 spiro atoms. The van der Waals surface area contributed by atoms with Crippen molar-refractivity contribution in [2.75, 3.05) is 13.1 Å². The molecule has 1 heterocycles. The van der Waals surface area contributed by atoms with Gasteiger partial charge >= 0.3 is 0 Å². The highest BCUT2D eigenvalue weighted by atomic mass is 19.1. The van der Waals surface area contributed by atoms with E-state index in [1.54, 1.807) is 6.07 Å². The number of nitrogens with one attached hydrogen (secondary N) is 1. The van der Waals surface area contributed by atoms with Crippen LogP contribution in [0.2, 0.25) is 0 Å². The van der Waals surface area contributed by atoms with Gasteiger partial charge in [-0.2, -0.15) is 5.26 Å². The van der Waals surface area contributed by atoms with Crippen molar-refractivity contribution in [2.45, 2.75) is 45.3 Å². The lowest BCUT2D eigenvalue weighted by Gasteiger charge is -2.40. The summed E-state index contributed by atoms with van der Waals surface area (Å²) < 4.78 is 13.2. The lowest BCUT2D eigenvalue weighted by Crippen LogP contribution is -2.55. The van der Waals surface area contributed by atoms with E-state index in [1.807, 2.05) is 0 Å². The first-order chi connectivity index (χ1) is 9.67. The molecule has 0 amide bonds. The quantitative estimate of drug-likeness (QED) is 0.918. The predicted octanol–water partition coefficient (Wildman–Crippen LogP) is 2.66. The molecule has 108 valence electrons. The van der Waals surface area contributed by atoms with Crippen molar-refractivity contribution in [3.63, 3.8) is 0 Å². The minimum atomic E-state index is -0.343. The van der Waals surface area contributed by atoms with Gasteiger partial charge in [0, 0.05) is 31.7 Å². The molecule has 0 saturated carbocycles. The minimum absolute atomic E-state index is 0.343. The Balaban J connectivity index is 2.16. The van der Waals surface area contributed by atoms with Crippen LogP contribution in [-0.4, -0.2) is 30.1 Å². The van der Waals surface area contributed by atoms with Crippen LogP contribution in [0, 0.1) is 17.1 Å². The molecule has 1 saturated heterocycles. The Morgan fingerprint density at radius 3 is 2.85 bits per heavy atom. The SMILES string of the molecule is CCC1CN(Cc2ccc(F)cc2C#N)C(CC)CN1. The normalized spacial score (nSPS) is 23.5. The van der Waals surface area contributed by atoms with Crippen molar-refractivity contribution in [1.29, 1.82) is 5.26 Å². The summed E-state index contributed by atoms with van der Waals surface area (Å²) in [5, 5.41) is 12.7. The summed E-state index contributed by atoms with van der Waals surface area (Å²) in [7, 11) is 0. The van der Waals surface area contributed by atoms with E-state index in [1.165, 1.54) is 12.1 Å². The van der Waals surface area contributed by atoms with E-state index >= 15 is 0 Å². The molecule has 2 rings (SSSR count). The predicted molar refractivity (Wildman–Crippen MR) is 77.7 cm³/mol. The number of nitriles is 1. The Morgan fingerprint density at radius 2 is 2.20 bits per heavy atom. The summed E-state index contributed by atoms with van der Waals surface area (Å²) in [6.07, 6.45) is 2.17. The Kier molecular flexibility index (Phi) is 5.11. The second-order valence-electron chi connectivity index (χ2n) is 5.42. The zero-order valence-electron chi connectivity index (χ0n) is 12.2. The maximum absolute atomic E-state index is 13.2. The number of halogens is 1. The number of rotatable bonds is 4. The van der Waals surface area contributed by atoms with Gasteiger partial charge in [0.1, 0.15) is 5.82 Å². The van der Waals surface area contributed by atoms with E-state index in [9.17, 15) is 4.39 Å². The first kappa shape index (κ1) is 15.0. The fourth-order valence-corrected chi connectivity index (χ4v) is 2.81. The monoisotopic (exact) mass is 275 g/mol. The fourth-order valence-electron chi connectivity index (χ4n) is 2.81. The van der Waals surface area contributed by atoms with Crippen LogP contribution in [0.25, 0.3) is 0 Å². The van der Waals surface area contributed by atoms with Crippen molar-refractivity contribution in [3.05, 3.63) is 35.1 Å². The van der Waals surface area contributed by atoms with Crippen LogP contribution < -0.4 is 5.32 Å². The largest absolute Gasteiger partial charge is 0.311 e. The number of piperazine rings is 1. The molecule has 1 N–H and O–H groups in total. The fraction of sp³-hybridized carbons (Fsp3) is 0.562. The Morgan fingerprint density at radius 1 is 1.40 bits per heavy atom. The van der Waals surface area contributed by atoms with Gasteiger partial charge in [0.15, 0.2) is 0 Å². The van der Waals surface area contributed by atoms with Crippen molar-refractivity contribution < 1.29 is 4.39 Å². The van der Waals surface area contributed by atoms with Gasteiger partial charge in [-0.1, -0.05) is 19.9 Å². The zero-order valence-corrected chi connectivity index (χ0v) is 12.2. The van der Waals surface area contributed by atoms with Gasteiger partial charge in [0.2, 0.25) is 0 Å². The third-order valence-corrected chi connectivity index (χ3v) is 4.14. The summed E-state index contributed by atoms with van der Waals surface area (Å²) in [4.78, 5) is 2.42. The summed E-state index contributed by atoms with van der Waals surface area (Å²) in [6.45, 7) is 7.05. The van der Waals surface area contributed by atoms with Gasteiger partial charge in [0.25, 0.3) is 0 Å². The van der Waals surface area contributed by atoms with Gasteiger partial charge in [-0.25, -0.2) is 4.39 Å². The molecule has 2 unspecified atom stereocenters. The molecule has 2 atom stereocenters. The van der Waals surface area contributed by atoms with Crippen molar-refractivity contribution >= 4 is 0 Å². The molecule has 1 fully saturated rings. The summed E-state index contributed by atoms with van der Waals surface area (Å²) in [6, 6.07) is 7.60. The molecular weight excluding hydrogens is 253 g/mol. The molecule has 20 heavy (non-hydrogen) atoms. The molecule has 0 bridgehead atoms. The van der Waals surface area contributed by atoms with Crippen LogP contribution in [0.15, 0.2) is 18.2 Å². The molecule has 4 heteroatoms. The van der Waals surface area contributed by atoms with Crippen LogP contribution >= 0.6 is 0 Å². The highest BCUT2D eigenvalue weighted by Crippen LogP contribution is 2.19. The number of hydrogen-bond donors (Lipinski definition) is 1. The topological polar surface area (TPSA) is 39.1 Å². The molecule has 1 aliphatic rings. The lowest BCUT2D eigenvalue weighted by atomic mass is 10.0. The minimum Gasteiger partial charge on any atom is -0.311 e. The highest BCUT2D eigenvalue weighted by molar-refractivity contribution is 5.37. The maximum Gasteiger partial charge on any atom is 0.124 e. The standard InChI is InChI=1S/C16H22FN3/c1-3-15-11-20(16(4-2)9-19-15)10-12-5-6-14(17)7-13(12)8-18/h5-7,15-16,19H,3-4,9-11H2,1-2H3. The molecule has 0 aromatic heterocycles. The first-order valence-electron chi connectivity index (χ1n) is 7.33. The molecule has 0 radical (unpaired) electrons. The Bertz CT molecular complexity index is 495. The lowest BCUT2D eigenvalue weighted by molar-refractivity contribution is 0.117. The van der Waals surface area contributed by atoms with Gasteiger partial charge < -0.3 is 5.32 Å². The van der Waals surface area contributed by atoms with Gasteiger partial charge in [-0.05, 0) is 30.5 Å². The van der Waals surface area contributed by atoms with E-state index in [-0.39, 0.29) is 5.82 Å². The van der Waals surface area contributed by atoms with E-state index in [2.05, 4.69) is 30.1 Å². The van der Waals surface area contributed by atoms with Crippen molar-refractivity contribution in [3.8, 4) is 6.07 Å². The average molecular weight is 275 g/mol. The van der Waals surface area contributed by atoms with Crippen LogP contribution in [0.1, 0.15) is 37.8 Å². The molecule has 1 aromatic carbocycles. The number of nitrogens with zero attached hydrogens (tertiary/aromatic N) is 2. The average Bonchev–Trinajstić information content (AvgIpc) is 2.48. The van der Waals surface area contributed by atoms with Crippen LogP contribution in [0.5, 0.6) is 0 Å². The second kappa shape index (κ2) is 6.83. The van der Waals surface area contributed by atoms with Gasteiger partial charge in [-0.15, -0.1) is 0 Å². The highest BCUT2D eigenvalue weighted by Gasteiger charge is 2.26. The first-order valence-corrected chi connectivity index (χ1v) is 7.33. The maximum atomic E-state index is 13.2. The molecule has 1 aromatic rings. The molecule has 1 aliphatic heterocycles. The Hall–Kier alpha value is -1.44. The van der Waals surface area contributed by atoms with E-state index in [4.69, 9.17) is 5.26 Å². The van der Waals surface area contributed by atoms with Crippen molar-refractivity contribution in [1.82, 2.24) is 10.2 Å². The Labute approximate surface area is 120 Å². The van der Waals surface area contributed by atoms with Crippen molar-refractivity contribution in [2.24, 2.45) is 0 Å². The van der Waals surface area contributed by atoms with E-state index in [0.29, 0.717) is 17.6 Å². The second-order valence-corrected chi connectivity index (χ2v) is 5.42. The summed E-state index contributed by atoms with van der Waals surface area (Å²) >= 11 is 0. The number of hydrogen-bond acceptors (Lipinski definition) is 3. The molecular formula is C16H22FN3. The van der Waals surface area contributed by atoms with Crippen LogP contribution in [-0.2, 0) is 6.54 Å². The van der Waals surface area contributed by atoms with E-state index in [0.717, 1.165) is 38.0 Å². The smallest absolute Gasteiger partial charge is 0.124 e. The van der Waals surface area contributed by atoms with E-state index < -0.39 is 0 Å². The summed E-state index contributed by atoms with van der Waals surface area (Å²) in [5.74, 6) is -0.343. The third-order valence-electron chi connectivity index (χ3n) is 4.14. The molecule has 0 aliphatic carbocycles. The number of benzene rings is 1. The van der Waals surface area contributed by atoms with Gasteiger partial charge in [0.05, 0.1) is 11.6 Å². The zero-order chi connectivity index (χ0) is 14.5. The summed E-state index contributed by atoms with van der Waals surface area (Å²) in [5.41, 5.74) is 1.37. The molecule has 3 nitrogen and oxygen atoms in total. The van der Waals surface area contributed by atoms with Gasteiger partial charge in [-0.3, -0.25) is 4.90 Å².